The van der Waals surface area contributed by atoms with E-state index in [1.165, 1.54) is 0 Å². The zero-order valence-corrected chi connectivity index (χ0v) is 12.0. The molecule has 0 spiro atoms. The molecule has 0 aliphatic rings. The second-order valence-electron chi connectivity index (χ2n) is 4.22. The van der Waals surface area contributed by atoms with Crippen LogP contribution in [0.25, 0.3) is 10.9 Å². The van der Waals surface area contributed by atoms with Gasteiger partial charge in [0.15, 0.2) is 0 Å². The fourth-order valence-electron chi connectivity index (χ4n) is 2.03. The summed E-state index contributed by atoms with van der Waals surface area (Å²) in [6, 6.07) is 7.65. The minimum atomic E-state index is -0.300. The predicted octanol–water partition coefficient (Wildman–Crippen LogP) is 2.58. The lowest BCUT2D eigenvalue weighted by molar-refractivity contribution is -0.124. The monoisotopic (exact) mass is 261 g/mol. The number of carbonyl (C=O) groups is 1. The molecule has 1 aromatic carbocycles. The summed E-state index contributed by atoms with van der Waals surface area (Å²) in [5.74, 6) is -0.290. The van der Waals surface area contributed by atoms with E-state index in [-0.39, 0.29) is 17.9 Å². The van der Waals surface area contributed by atoms with Crippen LogP contribution in [0.4, 0.5) is 0 Å². The summed E-state index contributed by atoms with van der Waals surface area (Å²) in [7, 11) is 1.63. The number of nitrogens with two attached hydrogens (primary N) is 1. The van der Waals surface area contributed by atoms with E-state index in [4.69, 9.17) is 5.73 Å². The van der Waals surface area contributed by atoms with Crippen molar-refractivity contribution < 1.29 is 4.79 Å². The van der Waals surface area contributed by atoms with Crippen molar-refractivity contribution >= 4 is 16.8 Å². The van der Waals surface area contributed by atoms with Crippen molar-refractivity contribution in [2.45, 2.75) is 26.8 Å². The number of fused-ring (bicyclic) bond motifs is 1. The van der Waals surface area contributed by atoms with Gasteiger partial charge in [0.2, 0.25) is 5.91 Å². The van der Waals surface area contributed by atoms with Crippen LogP contribution in [0.2, 0.25) is 0 Å². The zero-order chi connectivity index (χ0) is 14.4. The van der Waals surface area contributed by atoms with Gasteiger partial charge in [0, 0.05) is 30.2 Å². The first-order valence-electron chi connectivity index (χ1n) is 6.68. The summed E-state index contributed by atoms with van der Waals surface area (Å²) < 4.78 is 0. The summed E-state index contributed by atoms with van der Waals surface area (Å²) >= 11 is 0. The first-order chi connectivity index (χ1) is 9.15. The van der Waals surface area contributed by atoms with E-state index in [2.05, 4.69) is 10.3 Å². The van der Waals surface area contributed by atoms with Crippen LogP contribution in [-0.2, 0) is 4.79 Å². The van der Waals surface area contributed by atoms with Crippen LogP contribution in [0.5, 0.6) is 0 Å². The van der Waals surface area contributed by atoms with Gasteiger partial charge >= 0.3 is 0 Å². The van der Waals surface area contributed by atoms with Gasteiger partial charge in [0.05, 0.1) is 5.92 Å². The molecule has 0 aliphatic heterocycles. The molecule has 2 atom stereocenters. The van der Waals surface area contributed by atoms with Crippen LogP contribution in [0.1, 0.15) is 32.4 Å². The minimum Gasteiger partial charge on any atom is -0.361 e. The number of rotatable bonds is 3. The van der Waals surface area contributed by atoms with Gasteiger partial charge in [-0.15, -0.1) is 0 Å². The van der Waals surface area contributed by atoms with Crippen molar-refractivity contribution in [3.8, 4) is 0 Å². The lowest BCUT2D eigenvalue weighted by atomic mass is 9.94. The van der Waals surface area contributed by atoms with Crippen LogP contribution in [-0.4, -0.2) is 17.9 Å². The van der Waals surface area contributed by atoms with Gasteiger partial charge in [-0.3, -0.25) is 4.79 Å². The van der Waals surface area contributed by atoms with E-state index in [0.717, 1.165) is 16.5 Å². The molecule has 2 aromatic rings. The van der Waals surface area contributed by atoms with Gasteiger partial charge in [-0.1, -0.05) is 39.0 Å². The molecule has 1 heterocycles. The van der Waals surface area contributed by atoms with E-state index in [0.29, 0.717) is 0 Å². The predicted molar refractivity (Wildman–Crippen MR) is 79.8 cm³/mol. The number of H-pyrrole nitrogens is 1. The van der Waals surface area contributed by atoms with Crippen molar-refractivity contribution in [2.75, 3.05) is 7.05 Å². The molecule has 0 radical (unpaired) electrons. The summed E-state index contributed by atoms with van der Waals surface area (Å²) in [5.41, 5.74) is 8.17. The lowest BCUT2D eigenvalue weighted by Crippen LogP contribution is -2.33. The Balaban J connectivity index is 0.000000861. The van der Waals surface area contributed by atoms with Gasteiger partial charge in [0.1, 0.15) is 0 Å². The molecule has 4 N–H and O–H groups in total. The third-order valence-electron chi connectivity index (χ3n) is 3.18. The summed E-state index contributed by atoms with van der Waals surface area (Å²) in [4.78, 5) is 14.8. The normalized spacial score (nSPS) is 13.3. The highest BCUT2D eigenvalue weighted by molar-refractivity contribution is 5.85. The van der Waals surface area contributed by atoms with Gasteiger partial charge < -0.3 is 16.0 Å². The molecule has 0 saturated heterocycles. The van der Waals surface area contributed by atoms with Crippen LogP contribution < -0.4 is 11.1 Å². The highest BCUT2D eigenvalue weighted by Gasteiger charge is 2.23. The van der Waals surface area contributed by atoms with Gasteiger partial charge in [-0.25, -0.2) is 0 Å². The number of benzene rings is 1. The molecule has 0 bridgehead atoms. The van der Waals surface area contributed by atoms with Crippen molar-refractivity contribution in [3.63, 3.8) is 0 Å². The maximum Gasteiger partial charge on any atom is 0.224 e. The van der Waals surface area contributed by atoms with E-state index in [1.807, 2.05) is 51.2 Å². The first-order valence-corrected chi connectivity index (χ1v) is 6.68. The summed E-state index contributed by atoms with van der Waals surface area (Å²) in [5, 5.41) is 3.71. The van der Waals surface area contributed by atoms with E-state index in [1.54, 1.807) is 7.05 Å². The molecule has 104 valence electrons. The van der Waals surface area contributed by atoms with Crippen LogP contribution in [0, 0.1) is 5.92 Å². The average Bonchev–Trinajstić information content (AvgIpc) is 2.91. The van der Waals surface area contributed by atoms with Crippen LogP contribution in [0.3, 0.4) is 0 Å². The molecule has 2 rings (SSSR count). The van der Waals surface area contributed by atoms with Crippen molar-refractivity contribution in [1.29, 1.82) is 0 Å². The number of hydrogen-bond donors (Lipinski definition) is 3. The number of nitrogens with one attached hydrogen (secondary N) is 2. The largest absolute Gasteiger partial charge is 0.361 e. The summed E-state index contributed by atoms with van der Waals surface area (Å²) in [6.45, 7) is 5.84. The number of aromatic amines is 1. The average molecular weight is 261 g/mol. The minimum absolute atomic E-state index is 0.0391. The molecule has 4 heteroatoms. The smallest absolute Gasteiger partial charge is 0.224 e. The first kappa shape index (κ1) is 15.2. The maximum absolute atomic E-state index is 11.6. The molecule has 4 nitrogen and oxygen atoms in total. The van der Waals surface area contributed by atoms with E-state index >= 15 is 0 Å². The molecule has 19 heavy (non-hydrogen) atoms. The molecule has 0 aliphatic carbocycles. The summed E-state index contributed by atoms with van der Waals surface area (Å²) in [6.07, 6.45) is 1.88. The second-order valence-corrected chi connectivity index (χ2v) is 4.22. The Hall–Kier alpha value is -1.81. The number of carbonyl (C=O) groups excluding carboxylic acids is 1. The topological polar surface area (TPSA) is 70.9 Å². The third-order valence-corrected chi connectivity index (χ3v) is 3.18. The molecular formula is C15H23N3O. The maximum atomic E-state index is 11.6. The number of para-hydroxylation sites is 1. The number of hydrogen-bond acceptors (Lipinski definition) is 2. The molecule has 1 aromatic heterocycles. The Labute approximate surface area is 114 Å². The molecule has 2 unspecified atom stereocenters. The SMILES string of the molecule is CC.CNC(=O)C(C)C(N)c1c[nH]c2ccccc12. The highest BCUT2D eigenvalue weighted by atomic mass is 16.1. The fourth-order valence-corrected chi connectivity index (χ4v) is 2.03. The Bertz CT molecular complexity index is 533. The number of amides is 1. The van der Waals surface area contributed by atoms with Gasteiger partial charge in [-0.05, 0) is 11.6 Å². The van der Waals surface area contributed by atoms with Gasteiger partial charge in [0.25, 0.3) is 0 Å². The van der Waals surface area contributed by atoms with Gasteiger partial charge in [-0.2, -0.15) is 0 Å². The third kappa shape index (κ3) is 3.15. The van der Waals surface area contributed by atoms with E-state index in [9.17, 15) is 4.79 Å². The van der Waals surface area contributed by atoms with Crippen molar-refractivity contribution in [2.24, 2.45) is 11.7 Å². The Kier molecular flexibility index (Phi) is 5.57. The van der Waals surface area contributed by atoms with Crippen LogP contribution in [0.15, 0.2) is 30.5 Å². The zero-order valence-electron chi connectivity index (χ0n) is 12.0. The Morgan fingerprint density at radius 3 is 2.58 bits per heavy atom. The fraction of sp³-hybridized carbons (Fsp3) is 0.400. The van der Waals surface area contributed by atoms with Crippen molar-refractivity contribution in [1.82, 2.24) is 10.3 Å². The molecular weight excluding hydrogens is 238 g/mol. The van der Waals surface area contributed by atoms with Crippen molar-refractivity contribution in [3.05, 3.63) is 36.0 Å². The standard InChI is InChI=1S/C13H17N3O.C2H6/c1-8(13(17)15-2)12(14)10-7-16-11-6-4-3-5-9(10)11;1-2/h3-8,12,16H,14H2,1-2H3,(H,15,17);1-2H3. The number of aromatic nitrogens is 1. The molecule has 0 fully saturated rings. The Morgan fingerprint density at radius 1 is 1.32 bits per heavy atom. The highest BCUT2D eigenvalue weighted by Crippen LogP contribution is 2.27. The van der Waals surface area contributed by atoms with Crippen LogP contribution >= 0.6 is 0 Å². The molecule has 0 saturated carbocycles. The lowest BCUT2D eigenvalue weighted by Gasteiger charge is -2.17. The quantitative estimate of drug-likeness (QED) is 0.794. The molecule has 1 amide bonds. The van der Waals surface area contributed by atoms with E-state index < -0.39 is 0 Å². The second kappa shape index (κ2) is 6.95. The Morgan fingerprint density at radius 2 is 1.95 bits per heavy atom.